The minimum Gasteiger partial charge on any atom is -0.497 e. The van der Waals surface area contributed by atoms with Crippen LogP contribution < -0.4 is 14.8 Å². The third-order valence-electron chi connectivity index (χ3n) is 4.93. The number of amides is 1. The first kappa shape index (κ1) is 20.9. The number of hydrogen-bond acceptors (Lipinski definition) is 5. The van der Waals surface area contributed by atoms with Crippen molar-refractivity contribution in [3.63, 3.8) is 0 Å². The molecule has 0 bridgehead atoms. The van der Waals surface area contributed by atoms with Crippen LogP contribution in [-0.4, -0.2) is 57.4 Å². The third kappa shape index (κ3) is 5.82. The van der Waals surface area contributed by atoms with E-state index in [-0.39, 0.29) is 11.9 Å². The molecule has 0 saturated carbocycles. The van der Waals surface area contributed by atoms with Crippen molar-refractivity contribution in [2.45, 2.75) is 6.04 Å². The maximum atomic E-state index is 12.7. The molecule has 29 heavy (non-hydrogen) atoms. The van der Waals surface area contributed by atoms with Crippen molar-refractivity contribution in [2.24, 2.45) is 0 Å². The molecule has 2 aromatic carbocycles. The number of rotatable bonds is 9. The number of nitrogens with one attached hydrogen (secondary N) is 1. The molecule has 1 aliphatic heterocycles. The van der Waals surface area contributed by atoms with Gasteiger partial charge in [-0.25, -0.2) is 0 Å². The number of ether oxygens (including phenoxy) is 3. The highest BCUT2D eigenvalue weighted by Gasteiger charge is 2.23. The zero-order chi connectivity index (χ0) is 20.5. The Morgan fingerprint density at radius 2 is 1.79 bits per heavy atom. The molecule has 1 heterocycles. The number of hydrogen-bond donors (Lipinski definition) is 1. The lowest BCUT2D eigenvalue weighted by Gasteiger charge is -2.35. The Labute approximate surface area is 172 Å². The van der Waals surface area contributed by atoms with E-state index >= 15 is 0 Å². The van der Waals surface area contributed by atoms with Crippen LogP contribution in [0.25, 0.3) is 0 Å². The average molecular weight is 396 g/mol. The number of carbonyl (C=O) groups excluding carboxylic acids is 1. The molecule has 6 nitrogen and oxygen atoms in total. The summed E-state index contributed by atoms with van der Waals surface area (Å²) in [4.78, 5) is 15.0. The monoisotopic (exact) mass is 396 g/mol. The fourth-order valence-electron chi connectivity index (χ4n) is 3.32. The summed E-state index contributed by atoms with van der Waals surface area (Å²) in [6.45, 7) is 7.65. The molecule has 0 radical (unpaired) electrons. The summed E-state index contributed by atoms with van der Waals surface area (Å²) < 4.78 is 16.2. The Morgan fingerprint density at radius 1 is 1.14 bits per heavy atom. The van der Waals surface area contributed by atoms with Crippen LogP contribution in [0.2, 0.25) is 0 Å². The summed E-state index contributed by atoms with van der Waals surface area (Å²) >= 11 is 0. The molecule has 154 valence electrons. The number of morpholine rings is 1. The second-order valence-electron chi connectivity index (χ2n) is 6.77. The minimum atomic E-state index is -0.105. The Hall–Kier alpha value is -2.83. The molecule has 0 aliphatic carbocycles. The first-order valence-electron chi connectivity index (χ1n) is 9.79. The van der Waals surface area contributed by atoms with Gasteiger partial charge in [-0.2, -0.15) is 0 Å². The van der Waals surface area contributed by atoms with Crippen LogP contribution in [0.1, 0.15) is 22.0 Å². The highest BCUT2D eigenvalue weighted by Crippen LogP contribution is 2.24. The largest absolute Gasteiger partial charge is 0.497 e. The maximum Gasteiger partial charge on any atom is 0.251 e. The Kier molecular flexibility index (Phi) is 7.67. The van der Waals surface area contributed by atoms with Crippen LogP contribution in [0.5, 0.6) is 11.5 Å². The summed E-state index contributed by atoms with van der Waals surface area (Å²) in [5.74, 6) is 1.43. The van der Waals surface area contributed by atoms with Crippen LogP contribution in [0.4, 0.5) is 0 Å². The highest BCUT2D eigenvalue weighted by atomic mass is 16.5. The number of methoxy groups -OCH3 is 1. The van der Waals surface area contributed by atoms with Crippen molar-refractivity contribution in [1.82, 2.24) is 10.2 Å². The lowest BCUT2D eigenvalue weighted by atomic mass is 10.0. The van der Waals surface area contributed by atoms with Gasteiger partial charge in [-0.3, -0.25) is 9.69 Å². The van der Waals surface area contributed by atoms with Crippen LogP contribution >= 0.6 is 0 Å². The van der Waals surface area contributed by atoms with Crippen LogP contribution in [0, 0.1) is 0 Å². The van der Waals surface area contributed by atoms with E-state index < -0.39 is 0 Å². The standard InChI is InChI=1S/C23H28N2O4/c1-3-14-29-21-10-6-19(7-11-21)23(26)24-17-22(25-12-15-28-16-13-25)18-4-8-20(27-2)9-5-18/h3-11,22H,1,12-17H2,2H3,(H,24,26). The van der Waals surface area contributed by atoms with Crippen molar-refractivity contribution in [3.8, 4) is 11.5 Å². The van der Waals surface area contributed by atoms with E-state index in [0.29, 0.717) is 37.7 Å². The molecule has 2 aromatic rings. The van der Waals surface area contributed by atoms with Gasteiger partial charge in [0.05, 0.1) is 26.4 Å². The van der Waals surface area contributed by atoms with Gasteiger partial charge in [-0.05, 0) is 42.0 Å². The van der Waals surface area contributed by atoms with E-state index in [9.17, 15) is 4.79 Å². The second kappa shape index (κ2) is 10.6. The quantitative estimate of drug-likeness (QED) is 0.660. The summed E-state index contributed by atoms with van der Waals surface area (Å²) in [6, 6.07) is 15.2. The summed E-state index contributed by atoms with van der Waals surface area (Å²) in [6.07, 6.45) is 1.69. The summed E-state index contributed by atoms with van der Waals surface area (Å²) in [5.41, 5.74) is 1.74. The zero-order valence-corrected chi connectivity index (χ0v) is 16.8. The molecule has 0 aromatic heterocycles. The molecular weight excluding hydrogens is 368 g/mol. The average Bonchev–Trinajstić information content (AvgIpc) is 2.79. The fraction of sp³-hybridized carbons (Fsp3) is 0.348. The van der Waals surface area contributed by atoms with E-state index in [1.165, 1.54) is 0 Å². The normalized spacial score (nSPS) is 15.3. The first-order valence-corrected chi connectivity index (χ1v) is 9.79. The maximum absolute atomic E-state index is 12.7. The zero-order valence-electron chi connectivity index (χ0n) is 16.8. The molecule has 1 amide bonds. The lowest BCUT2D eigenvalue weighted by molar-refractivity contribution is 0.0162. The van der Waals surface area contributed by atoms with Crippen molar-refractivity contribution >= 4 is 5.91 Å². The predicted octanol–water partition coefficient (Wildman–Crippen LogP) is 3.06. The molecule has 1 atom stereocenters. The van der Waals surface area contributed by atoms with Gasteiger partial charge in [0.25, 0.3) is 5.91 Å². The molecule has 6 heteroatoms. The van der Waals surface area contributed by atoms with E-state index in [1.807, 2.05) is 12.1 Å². The van der Waals surface area contributed by atoms with Gasteiger partial charge in [-0.1, -0.05) is 24.8 Å². The van der Waals surface area contributed by atoms with Gasteiger partial charge in [0.15, 0.2) is 0 Å². The summed E-state index contributed by atoms with van der Waals surface area (Å²) in [7, 11) is 1.66. The Bertz CT molecular complexity index is 784. The second-order valence-corrected chi connectivity index (χ2v) is 6.77. The van der Waals surface area contributed by atoms with Crippen LogP contribution in [-0.2, 0) is 4.74 Å². The molecular formula is C23H28N2O4. The predicted molar refractivity (Wildman–Crippen MR) is 113 cm³/mol. The van der Waals surface area contributed by atoms with Crippen molar-refractivity contribution < 1.29 is 19.0 Å². The smallest absolute Gasteiger partial charge is 0.251 e. The topological polar surface area (TPSA) is 60.0 Å². The SMILES string of the molecule is C=CCOc1ccc(C(=O)NCC(c2ccc(OC)cc2)N2CCOCC2)cc1. The van der Waals surface area contributed by atoms with Gasteiger partial charge in [-0.15, -0.1) is 0 Å². The minimum absolute atomic E-state index is 0.0731. The van der Waals surface area contributed by atoms with E-state index in [1.54, 1.807) is 37.5 Å². The molecule has 1 unspecified atom stereocenters. The summed E-state index contributed by atoms with van der Waals surface area (Å²) in [5, 5.41) is 3.08. The molecule has 3 rings (SSSR count). The Morgan fingerprint density at radius 3 is 2.41 bits per heavy atom. The molecule has 0 spiro atoms. The van der Waals surface area contributed by atoms with E-state index in [2.05, 4.69) is 28.9 Å². The van der Waals surface area contributed by atoms with E-state index in [0.717, 1.165) is 24.4 Å². The van der Waals surface area contributed by atoms with Crippen molar-refractivity contribution in [3.05, 3.63) is 72.3 Å². The third-order valence-corrected chi connectivity index (χ3v) is 4.93. The molecule has 1 fully saturated rings. The highest BCUT2D eigenvalue weighted by molar-refractivity contribution is 5.94. The Balaban J connectivity index is 1.66. The first-order chi connectivity index (χ1) is 14.2. The lowest BCUT2D eigenvalue weighted by Crippen LogP contribution is -2.43. The van der Waals surface area contributed by atoms with Gasteiger partial charge in [0.1, 0.15) is 18.1 Å². The molecule has 1 aliphatic rings. The molecule has 1 N–H and O–H groups in total. The number of benzene rings is 2. The van der Waals surface area contributed by atoms with Gasteiger partial charge in [0, 0.05) is 25.2 Å². The number of carbonyl (C=O) groups is 1. The number of nitrogens with zero attached hydrogens (tertiary/aromatic N) is 1. The van der Waals surface area contributed by atoms with Gasteiger partial charge >= 0.3 is 0 Å². The van der Waals surface area contributed by atoms with Crippen LogP contribution in [0.3, 0.4) is 0 Å². The molecule has 1 saturated heterocycles. The van der Waals surface area contributed by atoms with Crippen molar-refractivity contribution in [1.29, 1.82) is 0 Å². The van der Waals surface area contributed by atoms with Crippen LogP contribution in [0.15, 0.2) is 61.2 Å². The van der Waals surface area contributed by atoms with Crippen molar-refractivity contribution in [2.75, 3.05) is 46.6 Å². The van der Waals surface area contributed by atoms with Gasteiger partial charge in [0.2, 0.25) is 0 Å². The van der Waals surface area contributed by atoms with E-state index in [4.69, 9.17) is 14.2 Å². The van der Waals surface area contributed by atoms with Gasteiger partial charge < -0.3 is 19.5 Å². The fourth-order valence-corrected chi connectivity index (χ4v) is 3.32.